The summed E-state index contributed by atoms with van der Waals surface area (Å²) in [5, 5.41) is 3.97. The van der Waals surface area contributed by atoms with Gasteiger partial charge in [0.25, 0.3) is 0 Å². The molecule has 2 heterocycles. The van der Waals surface area contributed by atoms with Crippen molar-refractivity contribution in [3.63, 3.8) is 0 Å². The first kappa shape index (κ1) is 19.4. The zero-order valence-corrected chi connectivity index (χ0v) is 14.4. The van der Waals surface area contributed by atoms with Gasteiger partial charge in [-0.1, -0.05) is 0 Å². The molecule has 1 aliphatic heterocycles. The van der Waals surface area contributed by atoms with Gasteiger partial charge in [0.2, 0.25) is 0 Å². The molecule has 11 heteroatoms. The van der Waals surface area contributed by atoms with Crippen molar-refractivity contribution in [1.29, 1.82) is 0 Å². The van der Waals surface area contributed by atoms with Crippen molar-refractivity contribution >= 4 is 30.0 Å². The van der Waals surface area contributed by atoms with Gasteiger partial charge >= 0.3 is 17.9 Å². The first-order valence-electron chi connectivity index (χ1n) is 7.66. The summed E-state index contributed by atoms with van der Waals surface area (Å²) >= 11 is 0. The Balaban J connectivity index is 2.38. The second-order valence-corrected chi connectivity index (χ2v) is 5.56. The Bertz CT molecular complexity index is 716. The van der Waals surface area contributed by atoms with Crippen molar-refractivity contribution in [2.45, 2.75) is 45.3 Å². The Kier molecular flexibility index (Phi) is 5.93. The van der Waals surface area contributed by atoms with Crippen molar-refractivity contribution in [1.82, 2.24) is 9.78 Å². The summed E-state index contributed by atoms with van der Waals surface area (Å²) in [5.74, 6) is -1.89. The number of nitrogens with two attached hydrogens (primary N) is 1. The third-order valence-corrected chi connectivity index (χ3v) is 3.57. The molecule has 1 saturated heterocycles. The fraction of sp³-hybridized carbons (Fsp3) is 0.533. The number of nitrogens with zero attached hydrogens (tertiary/aromatic N) is 2. The van der Waals surface area contributed by atoms with Crippen LogP contribution in [-0.2, 0) is 33.3 Å². The van der Waals surface area contributed by atoms with E-state index >= 15 is 0 Å². The minimum Gasteiger partial charge on any atom is -0.463 e. The highest BCUT2D eigenvalue weighted by Crippen LogP contribution is 2.35. The van der Waals surface area contributed by atoms with Crippen molar-refractivity contribution in [3.05, 3.63) is 11.8 Å². The Labute approximate surface area is 148 Å². The molecule has 142 valence electrons. The zero-order chi connectivity index (χ0) is 19.4. The summed E-state index contributed by atoms with van der Waals surface area (Å²) in [6.07, 6.45) is -2.47. The van der Waals surface area contributed by atoms with E-state index in [1.165, 1.54) is 27.0 Å². The minimum atomic E-state index is -1.11. The zero-order valence-electron chi connectivity index (χ0n) is 14.4. The number of nitrogen functional groups attached to an aromatic ring is 1. The number of rotatable bonds is 6. The quantitative estimate of drug-likeness (QED) is 0.399. The second-order valence-electron chi connectivity index (χ2n) is 5.56. The van der Waals surface area contributed by atoms with E-state index in [4.69, 9.17) is 24.7 Å². The lowest BCUT2D eigenvalue weighted by Crippen LogP contribution is -2.40. The van der Waals surface area contributed by atoms with E-state index in [9.17, 15) is 19.2 Å². The first-order chi connectivity index (χ1) is 12.2. The Morgan fingerprint density at radius 2 is 1.81 bits per heavy atom. The van der Waals surface area contributed by atoms with Crippen LogP contribution in [0.4, 0.5) is 5.82 Å². The lowest BCUT2D eigenvalue weighted by atomic mass is 10.1. The normalized spacial score (nSPS) is 24.7. The number of hydrogen-bond acceptors (Lipinski definition) is 10. The fourth-order valence-corrected chi connectivity index (χ4v) is 2.57. The molecule has 4 atom stereocenters. The highest BCUT2D eigenvalue weighted by molar-refractivity contribution is 5.81. The first-order valence-corrected chi connectivity index (χ1v) is 7.66. The smallest absolute Gasteiger partial charge is 0.303 e. The number of carbonyl (C=O) groups excluding carboxylic acids is 4. The van der Waals surface area contributed by atoms with Crippen molar-refractivity contribution < 1.29 is 38.1 Å². The number of hydrogen-bond donors (Lipinski definition) is 1. The molecule has 0 radical (unpaired) electrons. The summed E-state index contributed by atoms with van der Waals surface area (Å²) in [5.41, 5.74) is 5.97. The van der Waals surface area contributed by atoms with Crippen LogP contribution in [0.25, 0.3) is 0 Å². The van der Waals surface area contributed by atoms with E-state index in [1.807, 2.05) is 0 Å². The lowest BCUT2D eigenvalue weighted by molar-refractivity contribution is -0.166. The average Bonchev–Trinajstić information content (AvgIpc) is 3.06. The SMILES string of the molecule is CC(=O)OC[C@H]1O[C@@H](n2ncc(C=O)c2N)[C@H](OC(C)=O)[C@@H]1OC(C)=O. The van der Waals surface area contributed by atoms with Crippen LogP contribution in [0.5, 0.6) is 0 Å². The van der Waals surface area contributed by atoms with E-state index in [2.05, 4.69) is 5.10 Å². The molecule has 1 fully saturated rings. The van der Waals surface area contributed by atoms with Gasteiger partial charge in [0.1, 0.15) is 18.5 Å². The molecule has 0 spiro atoms. The van der Waals surface area contributed by atoms with E-state index in [0.29, 0.717) is 6.29 Å². The molecule has 1 aromatic rings. The van der Waals surface area contributed by atoms with Gasteiger partial charge in [0.15, 0.2) is 24.7 Å². The highest BCUT2D eigenvalue weighted by atomic mass is 16.7. The molecule has 2 N–H and O–H groups in total. The lowest BCUT2D eigenvalue weighted by Gasteiger charge is -2.23. The van der Waals surface area contributed by atoms with Crippen LogP contribution in [0.15, 0.2) is 6.20 Å². The van der Waals surface area contributed by atoms with Crippen molar-refractivity contribution in [2.24, 2.45) is 0 Å². The molecule has 0 aromatic carbocycles. The van der Waals surface area contributed by atoms with E-state index in [0.717, 1.165) is 4.68 Å². The molecule has 26 heavy (non-hydrogen) atoms. The number of anilines is 1. The number of ether oxygens (including phenoxy) is 4. The standard InChI is InChI=1S/C15H19N3O8/c1-7(20)23-6-11-12(24-8(2)21)13(25-9(3)22)15(26-11)18-14(16)10(5-19)4-17-18/h4-5,11-13,15H,6,16H2,1-3H3/t11-,12-,13-,15-/m1/s1. The van der Waals surface area contributed by atoms with Crippen molar-refractivity contribution in [2.75, 3.05) is 12.3 Å². The van der Waals surface area contributed by atoms with Gasteiger partial charge in [-0.05, 0) is 0 Å². The van der Waals surface area contributed by atoms with Gasteiger partial charge in [-0.2, -0.15) is 5.10 Å². The van der Waals surface area contributed by atoms with Crippen LogP contribution < -0.4 is 5.73 Å². The summed E-state index contributed by atoms with van der Waals surface area (Å²) in [6.45, 7) is 3.31. The topological polar surface area (TPSA) is 149 Å². The van der Waals surface area contributed by atoms with Crippen LogP contribution in [0.2, 0.25) is 0 Å². The molecule has 11 nitrogen and oxygen atoms in total. The molecule has 0 saturated carbocycles. The molecular formula is C15H19N3O8. The van der Waals surface area contributed by atoms with Gasteiger partial charge in [-0.25, -0.2) is 4.68 Å². The number of aldehydes is 1. The number of esters is 3. The molecule has 2 rings (SSSR count). The summed E-state index contributed by atoms with van der Waals surface area (Å²) in [6, 6.07) is 0. The monoisotopic (exact) mass is 369 g/mol. The van der Waals surface area contributed by atoms with Gasteiger partial charge < -0.3 is 24.7 Å². The predicted molar refractivity (Wildman–Crippen MR) is 83.7 cm³/mol. The van der Waals surface area contributed by atoms with Crippen LogP contribution in [0.1, 0.15) is 37.4 Å². The molecule has 1 aromatic heterocycles. The highest BCUT2D eigenvalue weighted by Gasteiger charge is 2.51. The summed E-state index contributed by atoms with van der Waals surface area (Å²) in [4.78, 5) is 45.0. The summed E-state index contributed by atoms with van der Waals surface area (Å²) in [7, 11) is 0. The van der Waals surface area contributed by atoms with Crippen LogP contribution in [0, 0.1) is 0 Å². The third-order valence-electron chi connectivity index (χ3n) is 3.57. The van der Waals surface area contributed by atoms with E-state index in [1.54, 1.807) is 0 Å². The second kappa shape index (κ2) is 7.95. The molecule has 0 aliphatic carbocycles. The van der Waals surface area contributed by atoms with Crippen LogP contribution in [-0.4, -0.2) is 58.9 Å². The van der Waals surface area contributed by atoms with Crippen LogP contribution in [0.3, 0.4) is 0 Å². The minimum absolute atomic E-state index is 0.0168. The maximum Gasteiger partial charge on any atom is 0.303 e. The Morgan fingerprint density at radius 1 is 1.19 bits per heavy atom. The number of carbonyl (C=O) groups is 4. The summed E-state index contributed by atoms with van der Waals surface area (Å²) < 4.78 is 22.2. The third kappa shape index (κ3) is 4.17. The van der Waals surface area contributed by atoms with Crippen molar-refractivity contribution in [3.8, 4) is 0 Å². The van der Waals surface area contributed by atoms with Gasteiger partial charge in [0, 0.05) is 20.8 Å². The molecule has 0 bridgehead atoms. The van der Waals surface area contributed by atoms with Gasteiger partial charge in [-0.3, -0.25) is 19.2 Å². The number of aromatic nitrogens is 2. The Hall–Kier alpha value is -2.95. The maximum atomic E-state index is 11.5. The predicted octanol–water partition coefficient (Wildman–Crippen LogP) is -0.398. The average molecular weight is 369 g/mol. The fourth-order valence-electron chi connectivity index (χ4n) is 2.57. The van der Waals surface area contributed by atoms with E-state index in [-0.39, 0.29) is 18.0 Å². The molecule has 1 aliphatic rings. The van der Waals surface area contributed by atoms with Gasteiger partial charge in [-0.15, -0.1) is 0 Å². The molecule has 0 unspecified atom stereocenters. The largest absolute Gasteiger partial charge is 0.463 e. The Morgan fingerprint density at radius 3 is 2.31 bits per heavy atom. The molecule has 0 amide bonds. The van der Waals surface area contributed by atoms with E-state index < -0.39 is 42.4 Å². The molecular weight excluding hydrogens is 350 g/mol. The maximum absolute atomic E-state index is 11.5. The van der Waals surface area contributed by atoms with Gasteiger partial charge in [0.05, 0.1) is 11.8 Å². The van der Waals surface area contributed by atoms with Crippen LogP contribution >= 0.6 is 0 Å².